The molecule has 2 heterocycles. The smallest absolute Gasteiger partial charge is 0.193 e. The number of hydrogen-bond acceptors (Lipinski definition) is 4. The van der Waals surface area contributed by atoms with Gasteiger partial charge < -0.3 is 19.9 Å². The summed E-state index contributed by atoms with van der Waals surface area (Å²) in [6.45, 7) is 8.73. The van der Waals surface area contributed by atoms with Gasteiger partial charge in [-0.1, -0.05) is 12.1 Å². The molecule has 132 valence electrons. The Morgan fingerprint density at radius 2 is 2.29 bits per heavy atom. The Morgan fingerprint density at radius 3 is 3.00 bits per heavy atom. The van der Waals surface area contributed by atoms with Crippen molar-refractivity contribution in [3.63, 3.8) is 0 Å². The highest BCUT2D eigenvalue weighted by Gasteiger charge is 2.16. The first-order chi connectivity index (χ1) is 11.8. The molecule has 0 aliphatic carbocycles. The average molecular weight is 331 g/mol. The van der Waals surface area contributed by atoms with Gasteiger partial charge in [-0.2, -0.15) is 0 Å². The van der Waals surface area contributed by atoms with Gasteiger partial charge in [0.25, 0.3) is 0 Å². The van der Waals surface area contributed by atoms with Crippen LogP contribution in [0.4, 0.5) is 5.82 Å². The Labute approximate surface area is 145 Å². The Hall–Kier alpha value is -2.08. The van der Waals surface area contributed by atoms with Crippen molar-refractivity contribution in [2.24, 2.45) is 4.99 Å². The van der Waals surface area contributed by atoms with Gasteiger partial charge in [0.15, 0.2) is 5.96 Å². The van der Waals surface area contributed by atoms with Gasteiger partial charge in [-0.05, 0) is 18.9 Å². The molecule has 1 aliphatic heterocycles. The summed E-state index contributed by atoms with van der Waals surface area (Å²) in [5.41, 5.74) is 1.18. The molecule has 0 unspecified atom stereocenters. The molecule has 0 amide bonds. The number of guanidine groups is 1. The zero-order chi connectivity index (χ0) is 17.2. The molecule has 0 bridgehead atoms. The third-order valence-electron chi connectivity index (χ3n) is 4.09. The summed E-state index contributed by atoms with van der Waals surface area (Å²) in [5.74, 6) is 1.94. The van der Waals surface area contributed by atoms with E-state index in [0.717, 1.165) is 57.5 Å². The summed E-state index contributed by atoms with van der Waals surface area (Å²) >= 11 is 0. The molecular formula is C18H29N5O. The number of aromatic nitrogens is 1. The molecule has 2 rings (SSSR count). The summed E-state index contributed by atoms with van der Waals surface area (Å²) in [5, 5.41) is 3.44. The standard InChI is InChI=1S/C18H29N5O/c1-4-5-6-10-22(3)18(19-2)21-15-16-8-7-9-20-17(16)23-11-13-24-14-12-23/h4,7-9H,1,5-6,10-15H2,2-3H3,(H,19,21). The maximum absolute atomic E-state index is 5.44. The molecule has 24 heavy (non-hydrogen) atoms. The highest BCUT2D eigenvalue weighted by molar-refractivity contribution is 5.79. The summed E-state index contributed by atoms with van der Waals surface area (Å²) in [6, 6.07) is 4.10. The van der Waals surface area contributed by atoms with Gasteiger partial charge in [0, 0.05) is 52.0 Å². The fourth-order valence-corrected chi connectivity index (χ4v) is 2.77. The molecule has 0 aromatic carbocycles. The highest BCUT2D eigenvalue weighted by atomic mass is 16.5. The van der Waals surface area contributed by atoms with Crippen LogP contribution in [-0.4, -0.2) is 62.8 Å². The normalized spacial score (nSPS) is 15.2. The largest absolute Gasteiger partial charge is 0.378 e. The Kier molecular flexibility index (Phi) is 7.55. The van der Waals surface area contributed by atoms with Crippen molar-refractivity contribution in [1.82, 2.24) is 15.2 Å². The lowest BCUT2D eigenvalue weighted by Crippen LogP contribution is -2.40. The number of hydrogen-bond donors (Lipinski definition) is 1. The molecule has 1 aromatic heterocycles. The molecular weight excluding hydrogens is 302 g/mol. The Bertz CT molecular complexity index is 540. The van der Waals surface area contributed by atoms with Gasteiger partial charge in [0.2, 0.25) is 0 Å². The van der Waals surface area contributed by atoms with Crippen LogP contribution in [0.1, 0.15) is 18.4 Å². The number of morpholine rings is 1. The lowest BCUT2D eigenvalue weighted by molar-refractivity contribution is 0.122. The average Bonchev–Trinajstić information content (AvgIpc) is 2.63. The molecule has 1 aromatic rings. The third kappa shape index (κ3) is 5.23. The van der Waals surface area contributed by atoms with Gasteiger partial charge in [-0.25, -0.2) is 4.98 Å². The van der Waals surface area contributed by atoms with Crippen LogP contribution in [0.25, 0.3) is 0 Å². The van der Waals surface area contributed by atoms with E-state index in [9.17, 15) is 0 Å². The molecule has 1 saturated heterocycles. The van der Waals surface area contributed by atoms with Crippen molar-refractivity contribution < 1.29 is 4.74 Å². The minimum absolute atomic E-state index is 0.707. The second kappa shape index (κ2) is 9.93. The van der Waals surface area contributed by atoms with Crippen LogP contribution < -0.4 is 10.2 Å². The molecule has 0 spiro atoms. The number of ether oxygens (including phenoxy) is 1. The van der Waals surface area contributed by atoms with Crippen molar-refractivity contribution in [2.75, 3.05) is 51.8 Å². The van der Waals surface area contributed by atoms with Gasteiger partial charge in [0.05, 0.1) is 13.2 Å². The van der Waals surface area contributed by atoms with Gasteiger partial charge in [-0.3, -0.25) is 4.99 Å². The third-order valence-corrected chi connectivity index (χ3v) is 4.09. The molecule has 6 heteroatoms. The number of aliphatic imine (C=N–C) groups is 1. The van der Waals surface area contributed by atoms with Gasteiger partial charge in [-0.15, -0.1) is 6.58 Å². The first-order valence-electron chi connectivity index (χ1n) is 8.55. The Morgan fingerprint density at radius 1 is 1.50 bits per heavy atom. The maximum Gasteiger partial charge on any atom is 0.193 e. The van der Waals surface area contributed by atoms with Crippen molar-refractivity contribution in [3.05, 3.63) is 36.5 Å². The molecule has 0 atom stereocenters. The number of anilines is 1. The van der Waals surface area contributed by atoms with Crippen LogP contribution in [0, 0.1) is 0 Å². The van der Waals surface area contributed by atoms with E-state index >= 15 is 0 Å². The first-order valence-corrected chi connectivity index (χ1v) is 8.55. The fraction of sp³-hybridized carbons (Fsp3) is 0.556. The van der Waals surface area contributed by atoms with Crippen molar-refractivity contribution >= 4 is 11.8 Å². The van der Waals surface area contributed by atoms with Crippen LogP contribution >= 0.6 is 0 Å². The molecule has 1 N–H and O–H groups in total. The number of nitrogens with zero attached hydrogens (tertiary/aromatic N) is 4. The molecule has 0 radical (unpaired) electrons. The molecule has 6 nitrogen and oxygen atoms in total. The fourth-order valence-electron chi connectivity index (χ4n) is 2.77. The van der Waals surface area contributed by atoms with E-state index < -0.39 is 0 Å². The monoisotopic (exact) mass is 331 g/mol. The second-order valence-corrected chi connectivity index (χ2v) is 5.84. The molecule has 1 fully saturated rings. The Balaban J connectivity index is 1.96. The van der Waals surface area contributed by atoms with Crippen LogP contribution in [0.3, 0.4) is 0 Å². The SMILES string of the molecule is C=CCCCN(C)C(=NC)NCc1cccnc1N1CCOCC1. The van der Waals surface area contributed by atoms with E-state index in [1.54, 1.807) is 0 Å². The zero-order valence-corrected chi connectivity index (χ0v) is 14.9. The summed E-state index contributed by atoms with van der Waals surface area (Å²) in [6.07, 6.45) is 5.90. The number of unbranched alkanes of at least 4 members (excludes halogenated alkanes) is 1. The summed E-state index contributed by atoms with van der Waals surface area (Å²) < 4.78 is 5.44. The van der Waals surface area contributed by atoms with E-state index in [1.165, 1.54) is 5.56 Å². The van der Waals surface area contributed by atoms with Gasteiger partial charge >= 0.3 is 0 Å². The van der Waals surface area contributed by atoms with E-state index in [-0.39, 0.29) is 0 Å². The van der Waals surface area contributed by atoms with E-state index in [2.05, 4.69) is 44.8 Å². The van der Waals surface area contributed by atoms with E-state index in [0.29, 0.717) is 6.54 Å². The highest BCUT2D eigenvalue weighted by Crippen LogP contribution is 2.18. The number of allylic oxidation sites excluding steroid dienone is 1. The molecule has 1 aliphatic rings. The van der Waals surface area contributed by atoms with Crippen molar-refractivity contribution in [1.29, 1.82) is 0 Å². The zero-order valence-electron chi connectivity index (χ0n) is 14.9. The summed E-state index contributed by atoms with van der Waals surface area (Å²) in [4.78, 5) is 13.4. The summed E-state index contributed by atoms with van der Waals surface area (Å²) in [7, 11) is 3.88. The van der Waals surface area contributed by atoms with Crippen molar-refractivity contribution in [3.8, 4) is 0 Å². The lowest BCUT2D eigenvalue weighted by Gasteiger charge is -2.30. The van der Waals surface area contributed by atoms with Crippen LogP contribution in [0.5, 0.6) is 0 Å². The lowest BCUT2D eigenvalue weighted by atomic mass is 10.2. The second-order valence-electron chi connectivity index (χ2n) is 5.84. The number of rotatable bonds is 7. The minimum atomic E-state index is 0.707. The number of pyridine rings is 1. The molecule has 0 saturated carbocycles. The first kappa shape index (κ1) is 18.3. The van der Waals surface area contributed by atoms with Crippen molar-refractivity contribution in [2.45, 2.75) is 19.4 Å². The van der Waals surface area contributed by atoms with E-state index in [4.69, 9.17) is 4.74 Å². The topological polar surface area (TPSA) is 53.0 Å². The maximum atomic E-state index is 5.44. The predicted octanol–water partition coefficient (Wildman–Crippen LogP) is 1.89. The van der Waals surface area contributed by atoms with Gasteiger partial charge in [0.1, 0.15) is 5.82 Å². The van der Waals surface area contributed by atoms with E-state index in [1.807, 2.05) is 25.4 Å². The minimum Gasteiger partial charge on any atom is -0.378 e. The number of nitrogens with one attached hydrogen (secondary N) is 1. The van der Waals surface area contributed by atoms with Crippen LogP contribution in [0.15, 0.2) is 36.0 Å². The quantitative estimate of drug-likeness (QED) is 0.358. The van der Waals surface area contributed by atoms with Crippen LogP contribution in [0.2, 0.25) is 0 Å². The predicted molar refractivity (Wildman–Crippen MR) is 99.5 cm³/mol. The van der Waals surface area contributed by atoms with Crippen LogP contribution in [-0.2, 0) is 11.3 Å².